The summed E-state index contributed by atoms with van der Waals surface area (Å²) in [5, 5.41) is 5.61. The maximum absolute atomic E-state index is 13.4. The van der Waals surface area contributed by atoms with Crippen LogP contribution in [-0.4, -0.2) is 85.5 Å². The van der Waals surface area contributed by atoms with Crippen molar-refractivity contribution in [3.63, 3.8) is 0 Å². The normalized spacial score (nSPS) is 19.5. The number of pyridine rings is 1. The third-order valence-electron chi connectivity index (χ3n) is 8.78. The molecule has 2 amide bonds. The molecule has 0 saturated carbocycles. The number of fused-ring (bicyclic) bond motifs is 2. The Morgan fingerprint density at radius 3 is 2.58 bits per heavy atom. The van der Waals surface area contributed by atoms with Crippen LogP contribution in [0.2, 0.25) is 0 Å². The van der Waals surface area contributed by atoms with Crippen molar-refractivity contribution in [2.45, 2.75) is 31.8 Å². The van der Waals surface area contributed by atoms with Crippen molar-refractivity contribution >= 4 is 34.0 Å². The second-order valence-corrected chi connectivity index (χ2v) is 11.1. The minimum absolute atomic E-state index is 0.0286. The molecule has 3 aliphatic rings. The SMILES string of the molecule is C=CC(=O)N1CCN(c2cc(C(=O)NCC3CCCN3C)nc3c2CCN(c2cccc4ccccc24)C3)CC1. The minimum Gasteiger partial charge on any atom is -0.368 e. The lowest BCUT2D eigenvalue weighted by Crippen LogP contribution is -2.49. The number of likely N-dealkylation sites (tertiary alicyclic amines) is 1. The molecule has 1 aromatic heterocycles. The zero-order chi connectivity index (χ0) is 27.6. The molecule has 0 bridgehead atoms. The molecule has 6 rings (SSSR count). The Balaban J connectivity index is 1.30. The lowest BCUT2D eigenvalue weighted by atomic mass is 9.98. The molecule has 0 aliphatic carbocycles. The molecule has 208 valence electrons. The molecular weight excluding hydrogens is 500 g/mol. The summed E-state index contributed by atoms with van der Waals surface area (Å²) >= 11 is 0. The molecule has 0 spiro atoms. The Hall–Kier alpha value is -3.91. The number of aromatic nitrogens is 1. The van der Waals surface area contributed by atoms with Crippen LogP contribution in [0.4, 0.5) is 11.4 Å². The van der Waals surface area contributed by atoms with Gasteiger partial charge in [-0.05, 0) is 56.4 Å². The maximum atomic E-state index is 13.4. The third-order valence-corrected chi connectivity index (χ3v) is 8.78. The number of piperazine rings is 1. The molecule has 1 unspecified atom stereocenters. The Labute approximate surface area is 236 Å². The Kier molecular flexibility index (Phi) is 7.43. The highest BCUT2D eigenvalue weighted by Gasteiger charge is 2.29. The Morgan fingerprint density at radius 2 is 1.80 bits per heavy atom. The molecule has 2 fully saturated rings. The summed E-state index contributed by atoms with van der Waals surface area (Å²) in [6.07, 6.45) is 4.51. The number of hydrogen-bond acceptors (Lipinski definition) is 6. The fourth-order valence-electron chi connectivity index (χ4n) is 6.44. The summed E-state index contributed by atoms with van der Waals surface area (Å²) in [6.45, 7) is 9.59. The van der Waals surface area contributed by atoms with Gasteiger partial charge in [-0.1, -0.05) is 43.0 Å². The summed E-state index contributed by atoms with van der Waals surface area (Å²) in [5.74, 6) is -0.147. The van der Waals surface area contributed by atoms with Crippen molar-refractivity contribution in [3.05, 3.63) is 78.1 Å². The molecule has 1 N–H and O–H groups in total. The molecule has 1 atom stereocenters. The first-order chi connectivity index (χ1) is 19.5. The van der Waals surface area contributed by atoms with E-state index in [9.17, 15) is 9.59 Å². The number of rotatable bonds is 6. The van der Waals surface area contributed by atoms with Crippen LogP contribution in [0.1, 0.15) is 34.6 Å². The van der Waals surface area contributed by atoms with Crippen molar-refractivity contribution in [2.24, 2.45) is 0 Å². The number of anilines is 2. The van der Waals surface area contributed by atoms with E-state index in [0.29, 0.717) is 37.9 Å². The van der Waals surface area contributed by atoms with Crippen LogP contribution in [0.5, 0.6) is 0 Å². The summed E-state index contributed by atoms with van der Waals surface area (Å²) in [7, 11) is 2.12. The van der Waals surface area contributed by atoms with Crippen LogP contribution in [-0.2, 0) is 17.8 Å². The second kappa shape index (κ2) is 11.3. The molecule has 3 aliphatic heterocycles. The van der Waals surface area contributed by atoms with E-state index in [0.717, 1.165) is 50.4 Å². The monoisotopic (exact) mass is 538 g/mol. The first kappa shape index (κ1) is 26.3. The number of amides is 2. The molecular formula is C32H38N6O2. The van der Waals surface area contributed by atoms with Crippen molar-refractivity contribution in [1.82, 2.24) is 20.1 Å². The number of carbonyl (C=O) groups excluding carboxylic acids is 2. The van der Waals surface area contributed by atoms with E-state index in [1.807, 2.05) is 11.0 Å². The highest BCUT2D eigenvalue weighted by atomic mass is 16.2. The first-order valence-electron chi connectivity index (χ1n) is 14.4. The van der Waals surface area contributed by atoms with E-state index in [4.69, 9.17) is 4.98 Å². The second-order valence-electron chi connectivity index (χ2n) is 11.1. The summed E-state index contributed by atoms with van der Waals surface area (Å²) in [5.41, 5.74) is 4.93. The maximum Gasteiger partial charge on any atom is 0.270 e. The van der Waals surface area contributed by atoms with Gasteiger partial charge in [-0.25, -0.2) is 4.98 Å². The van der Waals surface area contributed by atoms with Crippen LogP contribution in [0.3, 0.4) is 0 Å². The van der Waals surface area contributed by atoms with E-state index in [2.05, 4.69) is 76.1 Å². The van der Waals surface area contributed by atoms with Crippen molar-refractivity contribution in [3.8, 4) is 0 Å². The Morgan fingerprint density at radius 1 is 1.00 bits per heavy atom. The standard InChI is InChI=1S/C32H38N6O2/c1-3-31(39)37-18-16-36(17-19-37)30-20-27(32(40)33-21-24-10-7-14-35(24)2)34-28-22-38(15-13-26(28)30)29-12-6-9-23-8-4-5-11-25(23)29/h3-6,8-9,11-12,20,24H,1,7,10,13-19,21-22H2,2H3,(H,33,40). The number of benzene rings is 2. The number of nitrogens with one attached hydrogen (secondary N) is 1. The van der Waals surface area contributed by atoms with Crippen LogP contribution >= 0.6 is 0 Å². The van der Waals surface area contributed by atoms with Crippen LogP contribution in [0, 0.1) is 0 Å². The average molecular weight is 539 g/mol. The smallest absolute Gasteiger partial charge is 0.270 e. The van der Waals surface area contributed by atoms with Crippen LogP contribution in [0.15, 0.2) is 61.2 Å². The lowest BCUT2D eigenvalue weighted by molar-refractivity contribution is -0.126. The molecule has 4 heterocycles. The zero-order valence-corrected chi connectivity index (χ0v) is 23.3. The van der Waals surface area contributed by atoms with Gasteiger partial charge in [-0.3, -0.25) is 9.59 Å². The van der Waals surface area contributed by atoms with Gasteiger partial charge in [-0.15, -0.1) is 0 Å². The van der Waals surface area contributed by atoms with Crippen LogP contribution < -0.4 is 15.1 Å². The molecule has 8 nitrogen and oxygen atoms in total. The predicted molar refractivity (Wildman–Crippen MR) is 160 cm³/mol. The highest BCUT2D eigenvalue weighted by molar-refractivity contribution is 5.95. The van der Waals surface area contributed by atoms with Gasteiger partial charge in [0.15, 0.2) is 0 Å². The number of hydrogen-bond donors (Lipinski definition) is 1. The van der Waals surface area contributed by atoms with Crippen LogP contribution in [0.25, 0.3) is 10.8 Å². The fourth-order valence-corrected chi connectivity index (χ4v) is 6.44. The molecule has 2 aromatic carbocycles. The zero-order valence-electron chi connectivity index (χ0n) is 23.3. The summed E-state index contributed by atoms with van der Waals surface area (Å²) in [4.78, 5) is 39.5. The Bertz CT molecular complexity index is 1420. The number of nitrogens with zero attached hydrogens (tertiary/aromatic N) is 5. The quantitative estimate of drug-likeness (QED) is 0.485. The average Bonchev–Trinajstić information content (AvgIpc) is 3.42. The molecule has 2 saturated heterocycles. The largest absolute Gasteiger partial charge is 0.368 e. The van der Waals surface area contributed by atoms with E-state index in [1.54, 1.807) is 0 Å². The van der Waals surface area contributed by atoms with Gasteiger partial charge in [0.25, 0.3) is 5.91 Å². The lowest BCUT2D eigenvalue weighted by Gasteiger charge is -2.39. The van der Waals surface area contributed by atoms with Gasteiger partial charge >= 0.3 is 0 Å². The molecule has 0 radical (unpaired) electrons. The van der Waals surface area contributed by atoms with Gasteiger partial charge in [0.05, 0.1) is 12.2 Å². The van der Waals surface area contributed by atoms with Gasteiger partial charge in [0, 0.05) is 67.6 Å². The topological polar surface area (TPSA) is 72.0 Å². The van der Waals surface area contributed by atoms with Crippen molar-refractivity contribution in [2.75, 3.05) is 62.7 Å². The van der Waals surface area contributed by atoms with E-state index >= 15 is 0 Å². The van der Waals surface area contributed by atoms with Gasteiger partial charge < -0.3 is 24.9 Å². The highest BCUT2D eigenvalue weighted by Crippen LogP contribution is 2.34. The summed E-state index contributed by atoms with van der Waals surface area (Å²) < 4.78 is 0. The molecule has 3 aromatic rings. The molecule has 8 heteroatoms. The number of carbonyl (C=O) groups is 2. The summed E-state index contributed by atoms with van der Waals surface area (Å²) in [6, 6.07) is 17.3. The van der Waals surface area contributed by atoms with Gasteiger partial charge in [0.1, 0.15) is 5.69 Å². The van der Waals surface area contributed by atoms with Crippen molar-refractivity contribution in [1.29, 1.82) is 0 Å². The van der Waals surface area contributed by atoms with E-state index < -0.39 is 0 Å². The van der Waals surface area contributed by atoms with E-state index in [1.165, 1.54) is 34.5 Å². The minimum atomic E-state index is -0.118. The molecule has 40 heavy (non-hydrogen) atoms. The third kappa shape index (κ3) is 5.16. The van der Waals surface area contributed by atoms with E-state index in [-0.39, 0.29) is 11.8 Å². The first-order valence-corrected chi connectivity index (χ1v) is 14.4. The van der Waals surface area contributed by atoms with Gasteiger partial charge in [-0.2, -0.15) is 0 Å². The van der Waals surface area contributed by atoms with Gasteiger partial charge in [0.2, 0.25) is 5.91 Å². The fraction of sp³-hybridized carbons (Fsp3) is 0.406. The van der Waals surface area contributed by atoms with Crippen molar-refractivity contribution < 1.29 is 9.59 Å². The predicted octanol–water partition coefficient (Wildman–Crippen LogP) is 3.46. The number of likely N-dealkylation sites (N-methyl/N-ethyl adjacent to an activating group) is 1.